The lowest BCUT2D eigenvalue weighted by Crippen LogP contribution is -2.35. The first-order valence-corrected chi connectivity index (χ1v) is 11.0. The van der Waals surface area contributed by atoms with Crippen LogP contribution in [0.1, 0.15) is 37.6 Å². The summed E-state index contributed by atoms with van der Waals surface area (Å²) in [6, 6.07) is 18.6. The molecule has 31 heavy (non-hydrogen) atoms. The molecule has 0 spiro atoms. The lowest BCUT2D eigenvalue weighted by Gasteiger charge is -2.20. The highest BCUT2D eigenvalue weighted by Crippen LogP contribution is 2.19. The number of halogens is 1. The molecule has 0 saturated heterocycles. The topological polar surface area (TPSA) is 55.2 Å². The summed E-state index contributed by atoms with van der Waals surface area (Å²) in [5.74, 6) is 0.524. The van der Waals surface area contributed by atoms with Crippen LogP contribution in [-0.2, 0) is 24.3 Å². The maximum absolute atomic E-state index is 13.0. The first kappa shape index (κ1) is 22.8. The maximum Gasteiger partial charge on any atom is 0.254 e. The number of rotatable bonds is 9. The van der Waals surface area contributed by atoms with E-state index in [9.17, 15) is 9.59 Å². The first-order valence-electron chi connectivity index (χ1n) is 10.6. The van der Waals surface area contributed by atoms with Gasteiger partial charge >= 0.3 is 0 Å². The summed E-state index contributed by atoms with van der Waals surface area (Å²) in [7, 11) is 1.76. The average molecular weight is 438 g/mol. The fourth-order valence-corrected chi connectivity index (χ4v) is 3.54. The monoisotopic (exact) mass is 437 g/mol. The lowest BCUT2D eigenvalue weighted by atomic mass is 10.1. The molecule has 0 unspecified atom stereocenters. The Balaban J connectivity index is 1.85. The minimum atomic E-state index is -0.215. The minimum absolute atomic E-state index is 0.0163. The molecule has 2 aromatic carbocycles. The molecule has 5 nitrogen and oxygen atoms in total. The Morgan fingerprint density at radius 3 is 2.45 bits per heavy atom. The largest absolute Gasteiger partial charge is 0.340 e. The van der Waals surface area contributed by atoms with Crippen LogP contribution in [0.25, 0.3) is 11.3 Å². The number of unbranched alkanes of at least 4 members (excludes halogenated alkanes) is 2. The minimum Gasteiger partial charge on any atom is -0.340 e. The van der Waals surface area contributed by atoms with E-state index in [1.54, 1.807) is 24.1 Å². The molecule has 1 amide bonds. The third-order valence-corrected chi connectivity index (χ3v) is 5.46. The fraction of sp³-hybridized carbons (Fsp3) is 0.320. The van der Waals surface area contributed by atoms with Gasteiger partial charge in [0.05, 0.1) is 5.69 Å². The molecule has 0 N–H and O–H groups in total. The van der Waals surface area contributed by atoms with E-state index in [2.05, 4.69) is 6.92 Å². The Morgan fingerprint density at radius 1 is 1.06 bits per heavy atom. The Bertz CT molecular complexity index is 1060. The van der Waals surface area contributed by atoms with Crippen molar-refractivity contribution in [1.29, 1.82) is 0 Å². The van der Waals surface area contributed by atoms with E-state index < -0.39 is 0 Å². The van der Waals surface area contributed by atoms with Crippen LogP contribution in [0, 0.1) is 0 Å². The van der Waals surface area contributed by atoms with Crippen LogP contribution in [0.5, 0.6) is 0 Å². The molecule has 1 aromatic heterocycles. The molecule has 0 saturated carbocycles. The summed E-state index contributed by atoms with van der Waals surface area (Å²) in [5.41, 5.74) is 2.27. The number of aryl methyl sites for hydroxylation is 1. The number of hydrogen-bond acceptors (Lipinski definition) is 3. The van der Waals surface area contributed by atoms with Gasteiger partial charge in [-0.1, -0.05) is 73.8 Å². The molecular weight excluding hydrogens is 410 g/mol. The number of hydrogen-bond donors (Lipinski definition) is 0. The van der Waals surface area contributed by atoms with E-state index in [1.165, 1.54) is 10.6 Å². The Kier molecular flexibility index (Phi) is 8.01. The van der Waals surface area contributed by atoms with Crippen LogP contribution in [0.3, 0.4) is 0 Å². The zero-order valence-electron chi connectivity index (χ0n) is 18.1. The molecule has 3 aromatic rings. The molecule has 0 aliphatic rings. The molecule has 0 radical (unpaired) electrons. The van der Waals surface area contributed by atoms with Crippen LogP contribution >= 0.6 is 11.6 Å². The standard InChI is InChI=1S/C25H28ClN3O2/c1-3-4-6-11-23-27-22(20-12-14-21(26)15-13-20)16-24(30)29(23)18-25(31)28(2)17-19-9-7-5-8-10-19/h5,7-10,12-16H,3-4,6,11,17-18H2,1-2H3. The van der Waals surface area contributed by atoms with E-state index in [1.807, 2.05) is 42.5 Å². The van der Waals surface area contributed by atoms with Crippen molar-refractivity contribution in [1.82, 2.24) is 14.5 Å². The Labute approximate surface area is 188 Å². The first-order chi connectivity index (χ1) is 15.0. The van der Waals surface area contributed by atoms with Gasteiger partial charge in [-0.3, -0.25) is 14.2 Å². The summed E-state index contributed by atoms with van der Waals surface area (Å²) in [5, 5.41) is 0.632. The lowest BCUT2D eigenvalue weighted by molar-refractivity contribution is -0.131. The number of aromatic nitrogens is 2. The van der Waals surface area contributed by atoms with E-state index in [0.717, 1.165) is 30.4 Å². The van der Waals surface area contributed by atoms with Gasteiger partial charge in [0.2, 0.25) is 5.91 Å². The molecule has 0 bridgehead atoms. The van der Waals surface area contributed by atoms with Crippen LogP contribution in [0.2, 0.25) is 5.02 Å². The number of nitrogens with zero attached hydrogens (tertiary/aromatic N) is 3. The second-order valence-electron chi connectivity index (χ2n) is 7.68. The van der Waals surface area contributed by atoms with Gasteiger partial charge in [-0.2, -0.15) is 0 Å². The number of carbonyl (C=O) groups is 1. The molecule has 0 aliphatic heterocycles. The zero-order valence-corrected chi connectivity index (χ0v) is 18.8. The third kappa shape index (κ3) is 6.28. The summed E-state index contributed by atoms with van der Waals surface area (Å²) in [6.07, 6.45) is 3.68. The van der Waals surface area contributed by atoms with Crippen molar-refractivity contribution in [3.05, 3.63) is 87.4 Å². The van der Waals surface area contributed by atoms with Crippen LogP contribution in [0.15, 0.2) is 65.5 Å². The van der Waals surface area contributed by atoms with Gasteiger partial charge in [0.1, 0.15) is 12.4 Å². The van der Waals surface area contributed by atoms with Gasteiger partial charge < -0.3 is 4.90 Å². The van der Waals surface area contributed by atoms with Gasteiger partial charge in [0.25, 0.3) is 5.56 Å². The molecule has 162 valence electrons. The quantitative estimate of drug-likeness (QED) is 0.445. The van der Waals surface area contributed by atoms with Crippen molar-refractivity contribution in [3.8, 4) is 11.3 Å². The SMILES string of the molecule is CCCCCc1nc(-c2ccc(Cl)cc2)cc(=O)n1CC(=O)N(C)Cc1ccccc1. The van der Waals surface area contributed by atoms with Gasteiger partial charge in [0.15, 0.2) is 0 Å². The zero-order chi connectivity index (χ0) is 22.2. The molecule has 0 atom stereocenters. The maximum atomic E-state index is 13.0. The molecule has 3 rings (SSSR count). The second-order valence-corrected chi connectivity index (χ2v) is 8.12. The summed E-state index contributed by atoms with van der Waals surface area (Å²) >= 11 is 5.99. The molecule has 0 aliphatic carbocycles. The van der Waals surface area contributed by atoms with Crippen molar-refractivity contribution in [3.63, 3.8) is 0 Å². The van der Waals surface area contributed by atoms with E-state index in [0.29, 0.717) is 29.5 Å². The number of likely N-dealkylation sites (N-methyl/N-ethyl adjacent to an activating group) is 1. The predicted octanol–water partition coefficient (Wildman–Crippen LogP) is 4.96. The van der Waals surface area contributed by atoms with Crippen LogP contribution in [0.4, 0.5) is 0 Å². The van der Waals surface area contributed by atoms with Crippen molar-refractivity contribution < 1.29 is 4.79 Å². The summed E-state index contributed by atoms with van der Waals surface area (Å²) in [6.45, 7) is 2.61. The van der Waals surface area contributed by atoms with Gasteiger partial charge in [-0.05, 0) is 24.1 Å². The van der Waals surface area contributed by atoms with Crippen molar-refractivity contribution >= 4 is 17.5 Å². The highest BCUT2D eigenvalue weighted by Gasteiger charge is 2.16. The average Bonchev–Trinajstić information content (AvgIpc) is 2.77. The van der Waals surface area contributed by atoms with Crippen molar-refractivity contribution in [2.75, 3.05) is 7.05 Å². The van der Waals surface area contributed by atoms with Crippen LogP contribution in [-0.4, -0.2) is 27.4 Å². The second kappa shape index (κ2) is 10.9. The van der Waals surface area contributed by atoms with Crippen LogP contribution < -0.4 is 5.56 Å². The van der Waals surface area contributed by atoms with Gasteiger partial charge in [-0.25, -0.2) is 4.98 Å². The number of benzene rings is 2. The van der Waals surface area contributed by atoms with Crippen molar-refractivity contribution in [2.24, 2.45) is 0 Å². The van der Waals surface area contributed by atoms with E-state index in [-0.39, 0.29) is 18.0 Å². The summed E-state index contributed by atoms with van der Waals surface area (Å²) < 4.78 is 1.51. The predicted molar refractivity (Wildman–Crippen MR) is 125 cm³/mol. The number of amides is 1. The highest BCUT2D eigenvalue weighted by atomic mass is 35.5. The smallest absolute Gasteiger partial charge is 0.254 e. The molecular formula is C25H28ClN3O2. The highest BCUT2D eigenvalue weighted by molar-refractivity contribution is 6.30. The van der Waals surface area contributed by atoms with E-state index >= 15 is 0 Å². The third-order valence-electron chi connectivity index (χ3n) is 5.21. The molecule has 1 heterocycles. The molecule has 0 fully saturated rings. The molecule has 6 heteroatoms. The van der Waals surface area contributed by atoms with Crippen molar-refractivity contribution in [2.45, 2.75) is 45.7 Å². The fourth-order valence-electron chi connectivity index (χ4n) is 3.42. The van der Waals surface area contributed by atoms with Gasteiger partial charge in [0, 0.05) is 36.7 Å². The summed E-state index contributed by atoms with van der Waals surface area (Å²) in [4.78, 5) is 32.2. The number of carbonyl (C=O) groups excluding carboxylic acids is 1. The Hall–Kier alpha value is -2.92. The normalized spacial score (nSPS) is 10.8. The van der Waals surface area contributed by atoms with Gasteiger partial charge in [-0.15, -0.1) is 0 Å². The van der Waals surface area contributed by atoms with E-state index in [4.69, 9.17) is 16.6 Å². The Morgan fingerprint density at radius 2 is 1.77 bits per heavy atom.